The van der Waals surface area contributed by atoms with Crippen LogP contribution in [0.25, 0.3) is 0 Å². The average molecular weight is 320 g/mol. The second kappa shape index (κ2) is 5.50. The highest BCUT2D eigenvalue weighted by Crippen LogP contribution is 2.10. The molecule has 0 aliphatic carbocycles. The van der Waals surface area contributed by atoms with E-state index < -0.39 is 0 Å². The van der Waals surface area contributed by atoms with Crippen molar-refractivity contribution in [2.75, 3.05) is 5.32 Å². The summed E-state index contributed by atoms with van der Waals surface area (Å²) in [6.45, 7) is 4.11. The van der Waals surface area contributed by atoms with Gasteiger partial charge in [0.15, 0.2) is 5.11 Å². The first-order chi connectivity index (χ1) is 6.58. The molecule has 1 aromatic carbocycles. The maximum atomic E-state index is 5.12. The standard InChI is InChI=1S/C10H13IN2S/c1-7(2)12-10(14)13-9-5-3-8(11)4-6-9/h3-7H,1-2H3,(H2,12,13,14). The molecule has 0 saturated carbocycles. The molecule has 4 heteroatoms. The maximum Gasteiger partial charge on any atom is 0.170 e. The molecule has 0 bridgehead atoms. The first-order valence-electron chi connectivity index (χ1n) is 4.41. The highest BCUT2D eigenvalue weighted by atomic mass is 127. The summed E-state index contributed by atoms with van der Waals surface area (Å²) in [6.07, 6.45) is 0. The highest BCUT2D eigenvalue weighted by Gasteiger charge is 1.98. The van der Waals surface area contributed by atoms with Crippen molar-refractivity contribution in [3.63, 3.8) is 0 Å². The molecule has 0 unspecified atom stereocenters. The van der Waals surface area contributed by atoms with Crippen LogP contribution in [0.3, 0.4) is 0 Å². The lowest BCUT2D eigenvalue weighted by molar-refractivity contribution is 0.739. The van der Waals surface area contributed by atoms with Crippen LogP contribution in [0.1, 0.15) is 13.8 Å². The van der Waals surface area contributed by atoms with Crippen LogP contribution in [0.4, 0.5) is 5.69 Å². The van der Waals surface area contributed by atoms with E-state index in [4.69, 9.17) is 12.2 Å². The second-order valence-electron chi connectivity index (χ2n) is 3.26. The van der Waals surface area contributed by atoms with Gasteiger partial charge in [0.25, 0.3) is 0 Å². The minimum absolute atomic E-state index is 0.360. The van der Waals surface area contributed by atoms with Gasteiger partial charge in [0, 0.05) is 15.3 Å². The zero-order valence-corrected chi connectivity index (χ0v) is 11.1. The smallest absolute Gasteiger partial charge is 0.170 e. The van der Waals surface area contributed by atoms with Crippen molar-refractivity contribution in [1.29, 1.82) is 0 Å². The number of anilines is 1. The Balaban J connectivity index is 2.52. The number of benzene rings is 1. The third kappa shape index (κ3) is 4.23. The van der Waals surface area contributed by atoms with E-state index in [1.54, 1.807) is 0 Å². The molecule has 0 fully saturated rings. The average Bonchev–Trinajstić information content (AvgIpc) is 2.07. The Kier molecular flexibility index (Phi) is 4.60. The van der Waals surface area contributed by atoms with E-state index in [-0.39, 0.29) is 0 Å². The van der Waals surface area contributed by atoms with Crippen LogP contribution in [0.2, 0.25) is 0 Å². The van der Waals surface area contributed by atoms with Crippen molar-refractivity contribution in [1.82, 2.24) is 5.32 Å². The molecule has 0 aromatic heterocycles. The number of hydrogen-bond donors (Lipinski definition) is 2. The SMILES string of the molecule is CC(C)NC(=S)Nc1ccc(I)cc1. The predicted molar refractivity (Wildman–Crippen MR) is 73.7 cm³/mol. The van der Waals surface area contributed by atoms with E-state index >= 15 is 0 Å². The van der Waals surface area contributed by atoms with E-state index in [9.17, 15) is 0 Å². The second-order valence-corrected chi connectivity index (χ2v) is 4.91. The highest BCUT2D eigenvalue weighted by molar-refractivity contribution is 14.1. The van der Waals surface area contributed by atoms with Gasteiger partial charge in [0.1, 0.15) is 0 Å². The van der Waals surface area contributed by atoms with Crippen molar-refractivity contribution in [2.45, 2.75) is 19.9 Å². The van der Waals surface area contributed by atoms with Crippen LogP contribution < -0.4 is 10.6 Å². The Labute approximate surface area is 104 Å². The fourth-order valence-electron chi connectivity index (χ4n) is 0.963. The lowest BCUT2D eigenvalue weighted by Crippen LogP contribution is -2.33. The van der Waals surface area contributed by atoms with Gasteiger partial charge in [-0.2, -0.15) is 0 Å². The monoisotopic (exact) mass is 320 g/mol. The summed E-state index contributed by atoms with van der Waals surface area (Å²) in [7, 11) is 0. The van der Waals surface area contributed by atoms with Crippen LogP contribution in [-0.2, 0) is 0 Å². The summed E-state index contributed by atoms with van der Waals surface area (Å²) in [4.78, 5) is 0. The molecule has 0 radical (unpaired) electrons. The van der Waals surface area contributed by atoms with Crippen LogP contribution in [0.5, 0.6) is 0 Å². The molecule has 1 aromatic rings. The molecule has 2 N–H and O–H groups in total. The van der Waals surface area contributed by atoms with Crippen molar-refractivity contribution < 1.29 is 0 Å². The summed E-state index contributed by atoms with van der Waals surface area (Å²) in [5.41, 5.74) is 1.02. The van der Waals surface area contributed by atoms with E-state index in [1.165, 1.54) is 3.57 Å². The lowest BCUT2D eigenvalue weighted by Gasteiger charge is -2.12. The molecule has 76 valence electrons. The Morgan fingerprint density at radius 1 is 1.29 bits per heavy atom. The molecule has 0 amide bonds. The topological polar surface area (TPSA) is 24.1 Å². The fraction of sp³-hybridized carbons (Fsp3) is 0.300. The van der Waals surface area contributed by atoms with Crippen LogP contribution >= 0.6 is 34.8 Å². The Morgan fingerprint density at radius 3 is 2.36 bits per heavy atom. The summed E-state index contributed by atoms with van der Waals surface area (Å²) in [5.74, 6) is 0. The number of thiocarbonyl (C=S) groups is 1. The Hall–Kier alpha value is -0.360. The normalized spacial score (nSPS) is 10.0. The maximum absolute atomic E-state index is 5.12. The fourth-order valence-corrected chi connectivity index (χ4v) is 1.68. The number of hydrogen-bond acceptors (Lipinski definition) is 1. The first kappa shape index (κ1) is 11.7. The summed E-state index contributed by atoms with van der Waals surface area (Å²) in [5, 5.41) is 6.91. The quantitative estimate of drug-likeness (QED) is 0.647. The Bertz CT molecular complexity index is 308. The minimum Gasteiger partial charge on any atom is -0.360 e. The molecule has 0 aliphatic heterocycles. The van der Waals surface area contributed by atoms with Gasteiger partial charge in [0.2, 0.25) is 0 Å². The van der Waals surface area contributed by atoms with Gasteiger partial charge in [0.05, 0.1) is 0 Å². The number of rotatable bonds is 2. The third-order valence-corrected chi connectivity index (χ3v) is 2.46. The summed E-state index contributed by atoms with van der Waals surface area (Å²) >= 11 is 7.39. The van der Waals surface area contributed by atoms with Crippen LogP contribution in [0.15, 0.2) is 24.3 Å². The zero-order valence-electron chi connectivity index (χ0n) is 8.17. The zero-order chi connectivity index (χ0) is 10.6. The van der Waals surface area contributed by atoms with Gasteiger partial charge in [-0.3, -0.25) is 0 Å². The van der Waals surface area contributed by atoms with Gasteiger partial charge in [-0.15, -0.1) is 0 Å². The van der Waals surface area contributed by atoms with Gasteiger partial charge in [-0.1, -0.05) is 0 Å². The largest absolute Gasteiger partial charge is 0.360 e. The van der Waals surface area contributed by atoms with Crippen LogP contribution in [0, 0.1) is 3.57 Å². The van der Waals surface area contributed by atoms with E-state index in [0.29, 0.717) is 11.2 Å². The molecule has 0 atom stereocenters. The van der Waals surface area contributed by atoms with E-state index in [2.05, 4.69) is 47.1 Å². The molecular formula is C10H13IN2S. The molecule has 0 saturated heterocycles. The van der Waals surface area contributed by atoms with Gasteiger partial charge >= 0.3 is 0 Å². The van der Waals surface area contributed by atoms with E-state index in [1.807, 2.05) is 24.3 Å². The van der Waals surface area contributed by atoms with Gasteiger partial charge in [-0.25, -0.2) is 0 Å². The molecular weight excluding hydrogens is 307 g/mol. The summed E-state index contributed by atoms with van der Waals surface area (Å²) in [6, 6.07) is 8.47. The van der Waals surface area contributed by atoms with Gasteiger partial charge < -0.3 is 10.6 Å². The summed E-state index contributed by atoms with van der Waals surface area (Å²) < 4.78 is 1.22. The third-order valence-electron chi connectivity index (χ3n) is 1.52. The predicted octanol–water partition coefficient (Wildman–Crippen LogP) is 2.99. The molecule has 0 heterocycles. The Morgan fingerprint density at radius 2 is 1.86 bits per heavy atom. The van der Waals surface area contributed by atoms with Crippen molar-refractivity contribution >= 4 is 45.6 Å². The molecule has 0 aliphatic rings. The molecule has 0 spiro atoms. The minimum atomic E-state index is 0.360. The van der Waals surface area contributed by atoms with Crippen molar-refractivity contribution in [3.8, 4) is 0 Å². The van der Waals surface area contributed by atoms with Crippen LogP contribution in [-0.4, -0.2) is 11.2 Å². The number of halogens is 1. The lowest BCUT2D eigenvalue weighted by atomic mass is 10.3. The van der Waals surface area contributed by atoms with E-state index in [0.717, 1.165) is 5.69 Å². The van der Waals surface area contributed by atoms with Crippen molar-refractivity contribution in [3.05, 3.63) is 27.8 Å². The first-order valence-corrected chi connectivity index (χ1v) is 5.89. The molecule has 2 nitrogen and oxygen atoms in total. The van der Waals surface area contributed by atoms with Crippen molar-refractivity contribution in [2.24, 2.45) is 0 Å². The molecule has 14 heavy (non-hydrogen) atoms. The van der Waals surface area contributed by atoms with Gasteiger partial charge in [-0.05, 0) is 72.9 Å². The number of nitrogens with one attached hydrogen (secondary N) is 2. The molecule has 1 rings (SSSR count).